The minimum Gasteiger partial charge on any atom is -0.496 e. The summed E-state index contributed by atoms with van der Waals surface area (Å²) in [5.41, 5.74) is 1.07. The average Bonchev–Trinajstić information content (AvgIpc) is 2.23. The van der Waals surface area contributed by atoms with Gasteiger partial charge in [0.25, 0.3) is 0 Å². The summed E-state index contributed by atoms with van der Waals surface area (Å²) in [6, 6.07) is 5.78. The summed E-state index contributed by atoms with van der Waals surface area (Å²) in [7, 11) is 1.66. The molecule has 1 aromatic heterocycles. The zero-order valence-electron chi connectivity index (χ0n) is 8.04. The maximum absolute atomic E-state index is 5.99. The number of methoxy groups -OCH3 is 1. The fourth-order valence-corrected chi connectivity index (χ4v) is 1.77. The molecular formula is C11H10ClNO. The van der Waals surface area contributed by atoms with Crippen molar-refractivity contribution in [1.82, 2.24) is 4.98 Å². The van der Waals surface area contributed by atoms with E-state index in [2.05, 4.69) is 4.98 Å². The molecule has 0 amide bonds. The summed E-state index contributed by atoms with van der Waals surface area (Å²) in [5.74, 6) is 0.837. The highest BCUT2D eigenvalue weighted by atomic mass is 35.5. The van der Waals surface area contributed by atoms with Gasteiger partial charge in [0.15, 0.2) is 0 Å². The van der Waals surface area contributed by atoms with E-state index in [-0.39, 0.29) is 0 Å². The fourth-order valence-electron chi connectivity index (χ4n) is 1.57. The van der Waals surface area contributed by atoms with Crippen molar-refractivity contribution in [3.63, 3.8) is 0 Å². The maximum Gasteiger partial charge on any atom is 0.136 e. The second-order valence-electron chi connectivity index (χ2n) is 3.11. The van der Waals surface area contributed by atoms with Crippen molar-refractivity contribution in [1.29, 1.82) is 0 Å². The van der Waals surface area contributed by atoms with Gasteiger partial charge in [-0.1, -0.05) is 23.7 Å². The number of hydrogen-bond acceptors (Lipinski definition) is 2. The smallest absolute Gasteiger partial charge is 0.136 e. The van der Waals surface area contributed by atoms with Crippen LogP contribution in [-0.4, -0.2) is 12.1 Å². The molecular weight excluding hydrogens is 198 g/mol. The van der Waals surface area contributed by atoms with E-state index in [0.717, 1.165) is 22.1 Å². The minimum atomic E-state index is 0.518. The van der Waals surface area contributed by atoms with E-state index in [9.17, 15) is 0 Å². The van der Waals surface area contributed by atoms with Gasteiger partial charge in [-0.25, -0.2) is 4.98 Å². The molecule has 2 aromatic rings. The molecule has 2 nitrogen and oxygen atoms in total. The van der Waals surface area contributed by atoms with Gasteiger partial charge in [-0.2, -0.15) is 0 Å². The Labute approximate surface area is 87.5 Å². The van der Waals surface area contributed by atoms with Crippen molar-refractivity contribution >= 4 is 22.4 Å². The van der Waals surface area contributed by atoms with Crippen LogP contribution in [0.3, 0.4) is 0 Å². The van der Waals surface area contributed by atoms with Gasteiger partial charge in [0, 0.05) is 17.0 Å². The number of aryl methyl sites for hydroxylation is 1. The van der Waals surface area contributed by atoms with E-state index < -0.39 is 0 Å². The van der Waals surface area contributed by atoms with Crippen LogP contribution in [0, 0.1) is 6.92 Å². The number of hydrogen-bond donors (Lipinski definition) is 0. The lowest BCUT2D eigenvalue weighted by molar-refractivity contribution is 0.419. The third-order valence-electron chi connectivity index (χ3n) is 2.23. The lowest BCUT2D eigenvalue weighted by Gasteiger charge is -2.08. The van der Waals surface area contributed by atoms with E-state index in [1.165, 1.54) is 0 Å². The minimum absolute atomic E-state index is 0.518. The molecule has 14 heavy (non-hydrogen) atoms. The van der Waals surface area contributed by atoms with Crippen molar-refractivity contribution < 1.29 is 4.74 Å². The van der Waals surface area contributed by atoms with Gasteiger partial charge in [-0.3, -0.25) is 0 Å². The molecule has 0 saturated heterocycles. The van der Waals surface area contributed by atoms with Gasteiger partial charge in [-0.05, 0) is 18.6 Å². The Kier molecular flexibility index (Phi) is 2.30. The molecule has 72 valence electrons. The van der Waals surface area contributed by atoms with Crippen molar-refractivity contribution in [3.8, 4) is 5.75 Å². The number of pyridine rings is 1. The first kappa shape index (κ1) is 9.28. The third kappa shape index (κ3) is 1.32. The van der Waals surface area contributed by atoms with E-state index in [0.29, 0.717) is 5.15 Å². The average molecular weight is 208 g/mol. The number of aromatic nitrogens is 1. The molecule has 0 spiro atoms. The number of nitrogens with zero attached hydrogens (tertiary/aromatic N) is 1. The van der Waals surface area contributed by atoms with Crippen molar-refractivity contribution in [2.24, 2.45) is 0 Å². The van der Waals surface area contributed by atoms with Crippen LogP contribution in [0.1, 0.15) is 5.56 Å². The summed E-state index contributed by atoms with van der Waals surface area (Å²) in [5, 5.41) is 2.49. The first-order chi connectivity index (χ1) is 6.74. The first-order valence-electron chi connectivity index (χ1n) is 4.32. The number of benzene rings is 1. The van der Waals surface area contributed by atoms with E-state index in [1.54, 1.807) is 13.3 Å². The SMILES string of the molecule is COc1cccc2c(Cl)ncc(C)c12. The molecule has 0 saturated carbocycles. The van der Waals surface area contributed by atoms with Gasteiger partial charge >= 0.3 is 0 Å². The van der Waals surface area contributed by atoms with E-state index in [4.69, 9.17) is 16.3 Å². The Balaban J connectivity index is 2.92. The predicted molar refractivity (Wildman–Crippen MR) is 58.0 cm³/mol. The molecule has 0 aliphatic rings. The lowest BCUT2D eigenvalue weighted by Crippen LogP contribution is -1.89. The predicted octanol–water partition coefficient (Wildman–Crippen LogP) is 3.21. The van der Waals surface area contributed by atoms with Crippen molar-refractivity contribution in [2.45, 2.75) is 6.92 Å². The Morgan fingerprint density at radius 3 is 2.86 bits per heavy atom. The van der Waals surface area contributed by atoms with E-state index >= 15 is 0 Å². The van der Waals surface area contributed by atoms with Gasteiger partial charge in [-0.15, -0.1) is 0 Å². The number of halogens is 1. The van der Waals surface area contributed by atoms with Crippen molar-refractivity contribution in [3.05, 3.63) is 35.1 Å². The summed E-state index contributed by atoms with van der Waals surface area (Å²) in [4.78, 5) is 4.09. The third-order valence-corrected chi connectivity index (χ3v) is 2.54. The second kappa shape index (κ2) is 3.46. The molecule has 0 aliphatic heterocycles. The monoisotopic (exact) mass is 207 g/mol. The summed E-state index contributed by atoms with van der Waals surface area (Å²) in [6.07, 6.45) is 1.76. The summed E-state index contributed by atoms with van der Waals surface area (Å²) in [6.45, 7) is 1.99. The standard InChI is InChI=1S/C11H10ClNO/c1-7-6-13-11(12)8-4-3-5-9(14-2)10(7)8/h3-6H,1-2H3. The number of fused-ring (bicyclic) bond motifs is 1. The molecule has 2 rings (SSSR count). The van der Waals surface area contributed by atoms with Crippen LogP contribution in [0.15, 0.2) is 24.4 Å². The Bertz CT molecular complexity index is 482. The summed E-state index contributed by atoms with van der Waals surface area (Å²) < 4.78 is 5.28. The maximum atomic E-state index is 5.99. The van der Waals surface area contributed by atoms with Crippen LogP contribution in [0.2, 0.25) is 5.15 Å². The van der Waals surface area contributed by atoms with Gasteiger partial charge in [0.1, 0.15) is 10.9 Å². The highest BCUT2D eigenvalue weighted by Crippen LogP contribution is 2.31. The Morgan fingerprint density at radius 2 is 2.14 bits per heavy atom. The van der Waals surface area contributed by atoms with Crippen LogP contribution in [-0.2, 0) is 0 Å². The van der Waals surface area contributed by atoms with Crippen LogP contribution in [0.25, 0.3) is 10.8 Å². The topological polar surface area (TPSA) is 22.1 Å². The molecule has 0 aliphatic carbocycles. The molecule has 1 heterocycles. The first-order valence-corrected chi connectivity index (χ1v) is 4.69. The Morgan fingerprint density at radius 1 is 1.36 bits per heavy atom. The second-order valence-corrected chi connectivity index (χ2v) is 3.47. The number of ether oxygens (including phenoxy) is 1. The lowest BCUT2D eigenvalue weighted by atomic mass is 10.1. The number of rotatable bonds is 1. The van der Waals surface area contributed by atoms with Crippen LogP contribution < -0.4 is 4.74 Å². The largest absolute Gasteiger partial charge is 0.496 e. The van der Waals surface area contributed by atoms with Crippen molar-refractivity contribution in [2.75, 3.05) is 7.11 Å². The zero-order chi connectivity index (χ0) is 10.1. The molecule has 0 radical (unpaired) electrons. The molecule has 0 atom stereocenters. The molecule has 1 aromatic carbocycles. The Hall–Kier alpha value is -1.28. The van der Waals surface area contributed by atoms with Gasteiger partial charge < -0.3 is 4.74 Å². The molecule has 0 unspecified atom stereocenters. The zero-order valence-corrected chi connectivity index (χ0v) is 8.80. The normalized spacial score (nSPS) is 10.5. The highest BCUT2D eigenvalue weighted by molar-refractivity contribution is 6.34. The van der Waals surface area contributed by atoms with Crippen LogP contribution >= 0.6 is 11.6 Å². The molecule has 0 fully saturated rings. The summed E-state index contributed by atoms with van der Waals surface area (Å²) >= 11 is 5.99. The quantitative estimate of drug-likeness (QED) is 0.670. The fraction of sp³-hybridized carbons (Fsp3) is 0.182. The molecule has 3 heteroatoms. The molecule has 0 N–H and O–H groups in total. The highest BCUT2D eigenvalue weighted by Gasteiger charge is 2.07. The van der Waals surface area contributed by atoms with Crippen LogP contribution in [0.5, 0.6) is 5.75 Å². The van der Waals surface area contributed by atoms with Gasteiger partial charge in [0.05, 0.1) is 7.11 Å². The van der Waals surface area contributed by atoms with E-state index in [1.807, 2.05) is 25.1 Å². The van der Waals surface area contributed by atoms with Crippen LogP contribution in [0.4, 0.5) is 0 Å². The van der Waals surface area contributed by atoms with Gasteiger partial charge in [0.2, 0.25) is 0 Å². The molecule has 0 bridgehead atoms.